The van der Waals surface area contributed by atoms with E-state index in [1.54, 1.807) is 28.9 Å². The zero-order valence-corrected chi connectivity index (χ0v) is 19.7. The number of ether oxygens (including phenoxy) is 2. The van der Waals surface area contributed by atoms with Gasteiger partial charge in [0.05, 0.1) is 36.0 Å². The highest BCUT2D eigenvalue weighted by atomic mass is 32.1. The molecular weight excluding hydrogens is 464 g/mol. The second kappa shape index (κ2) is 9.37. The molecule has 35 heavy (non-hydrogen) atoms. The van der Waals surface area contributed by atoms with Crippen LogP contribution in [0.2, 0.25) is 0 Å². The highest BCUT2D eigenvalue weighted by Crippen LogP contribution is 2.41. The van der Waals surface area contributed by atoms with Gasteiger partial charge in [0.25, 0.3) is 0 Å². The van der Waals surface area contributed by atoms with E-state index in [4.69, 9.17) is 9.47 Å². The number of carbonyl (C=O) groups excluding carboxylic acids is 1. The molecule has 1 aliphatic carbocycles. The molecule has 4 aromatic rings. The van der Waals surface area contributed by atoms with Crippen molar-refractivity contribution in [1.29, 1.82) is 0 Å². The number of nitrogens with one attached hydrogen (secondary N) is 1. The summed E-state index contributed by atoms with van der Waals surface area (Å²) in [6.07, 6.45) is 3.76. The molecule has 1 aromatic carbocycles. The molecule has 0 saturated carbocycles. The Morgan fingerprint density at radius 3 is 3.03 bits per heavy atom. The van der Waals surface area contributed by atoms with E-state index in [9.17, 15) is 4.79 Å². The zero-order chi connectivity index (χ0) is 23.6. The Balaban J connectivity index is 1.12. The van der Waals surface area contributed by atoms with Gasteiger partial charge < -0.3 is 14.4 Å². The van der Waals surface area contributed by atoms with E-state index in [0.717, 1.165) is 28.2 Å². The van der Waals surface area contributed by atoms with Gasteiger partial charge in [0, 0.05) is 41.6 Å². The Hall–Kier alpha value is -3.94. The first-order chi connectivity index (χ1) is 17.2. The maximum Gasteiger partial charge on any atom is 0.410 e. The SMILES string of the molecule is O=C(OCC#Cc1cc(-c2n[nH]c3c2Cc2cc(Cn4cncn4)ccc2-3)cs1)N1CCOCC1. The Kier molecular flexibility index (Phi) is 5.78. The molecule has 176 valence electrons. The molecule has 1 fully saturated rings. The minimum absolute atomic E-state index is 0.0630. The zero-order valence-electron chi connectivity index (χ0n) is 18.9. The van der Waals surface area contributed by atoms with E-state index in [2.05, 4.69) is 55.7 Å². The third-order valence-corrected chi connectivity index (χ3v) is 6.95. The van der Waals surface area contributed by atoms with Crippen molar-refractivity contribution in [2.24, 2.45) is 0 Å². The van der Waals surface area contributed by atoms with Crippen LogP contribution in [0.3, 0.4) is 0 Å². The molecule has 1 saturated heterocycles. The van der Waals surface area contributed by atoms with Crippen molar-refractivity contribution in [3.8, 4) is 34.4 Å². The second-order valence-electron chi connectivity index (χ2n) is 8.34. The maximum atomic E-state index is 12.0. The van der Waals surface area contributed by atoms with Crippen molar-refractivity contribution in [3.05, 3.63) is 63.9 Å². The number of nitrogens with zero attached hydrogens (tertiary/aromatic N) is 5. The summed E-state index contributed by atoms with van der Waals surface area (Å²) in [4.78, 5) is 18.6. The molecule has 0 unspecified atom stereocenters. The van der Waals surface area contributed by atoms with E-state index < -0.39 is 0 Å². The van der Waals surface area contributed by atoms with Gasteiger partial charge in [-0.05, 0) is 17.2 Å². The van der Waals surface area contributed by atoms with Crippen LogP contribution in [0.15, 0.2) is 42.3 Å². The van der Waals surface area contributed by atoms with E-state index in [1.165, 1.54) is 22.3 Å². The molecule has 0 radical (unpaired) electrons. The Morgan fingerprint density at radius 1 is 1.26 bits per heavy atom. The number of hydrogen-bond acceptors (Lipinski definition) is 7. The lowest BCUT2D eigenvalue weighted by Gasteiger charge is -2.25. The topological polar surface area (TPSA) is 98.2 Å². The molecule has 4 heterocycles. The lowest BCUT2D eigenvalue weighted by Crippen LogP contribution is -2.41. The fourth-order valence-corrected chi connectivity index (χ4v) is 5.17. The van der Waals surface area contributed by atoms with Crippen LogP contribution < -0.4 is 0 Å². The number of H-pyrrole nitrogens is 1. The normalized spacial score (nSPS) is 14.2. The Labute approximate surface area is 205 Å². The summed E-state index contributed by atoms with van der Waals surface area (Å²) < 4.78 is 12.3. The second-order valence-corrected chi connectivity index (χ2v) is 9.25. The fourth-order valence-electron chi connectivity index (χ4n) is 4.41. The number of aromatic nitrogens is 5. The van der Waals surface area contributed by atoms with Crippen LogP contribution in [-0.4, -0.2) is 68.9 Å². The summed E-state index contributed by atoms with van der Waals surface area (Å²) in [6, 6.07) is 8.55. The monoisotopic (exact) mass is 486 g/mol. The molecule has 2 aliphatic rings. The number of fused-ring (bicyclic) bond motifs is 3. The van der Waals surface area contributed by atoms with Gasteiger partial charge in [0.1, 0.15) is 12.7 Å². The van der Waals surface area contributed by atoms with E-state index in [0.29, 0.717) is 32.8 Å². The van der Waals surface area contributed by atoms with Gasteiger partial charge in [-0.15, -0.1) is 11.3 Å². The third-order valence-electron chi connectivity index (χ3n) is 6.11. The van der Waals surface area contributed by atoms with Gasteiger partial charge in [0.15, 0.2) is 6.61 Å². The highest BCUT2D eigenvalue weighted by molar-refractivity contribution is 7.11. The van der Waals surface area contributed by atoms with Gasteiger partial charge in [0.2, 0.25) is 0 Å². The molecule has 1 amide bonds. The molecule has 6 rings (SSSR count). The number of benzene rings is 1. The quantitative estimate of drug-likeness (QED) is 0.392. The van der Waals surface area contributed by atoms with Gasteiger partial charge in [-0.25, -0.2) is 14.5 Å². The van der Waals surface area contributed by atoms with Crippen LogP contribution in [0.1, 0.15) is 21.6 Å². The average molecular weight is 487 g/mol. The smallest absolute Gasteiger partial charge is 0.410 e. The van der Waals surface area contributed by atoms with E-state index in [1.807, 2.05) is 10.7 Å². The minimum Gasteiger partial charge on any atom is -0.436 e. The summed E-state index contributed by atoms with van der Waals surface area (Å²) in [6.45, 7) is 2.97. The van der Waals surface area contributed by atoms with E-state index in [-0.39, 0.29) is 12.7 Å². The van der Waals surface area contributed by atoms with Gasteiger partial charge >= 0.3 is 6.09 Å². The number of carbonyl (C=O) groups is 1. The molecule has 1 N–H and O–H groups in total. The van der Waals surface area contributed by atoms with E-state index >= 15 is 0 Å². The summed E-state index contributed by atoms with van der Waals surface area (Å²) >= 11 is 1.56. The third kappa shape index (κ3) is 4.43. The highest BCUT2D eigenvalue weighted by Gasteiger charge is 2.25. The van der Waals surface area contributed by atoms with Crippen molar-refractivity contribution in [2.45, 2.75) is 13.0 Å². The van der Waals surface area contributed by atoms with Crippen molar-refractivity contribution in [1.82, 2.24) is 29.9 Å². The predicted octanol–water partition coefficient (Wildman–Crippen LogP) is 3.17. The van der Waals surface area contributed by atoms with Crippen molar-refractivity contribution < 1.29 is 14.3 Å². The molecule has 9 nitrogen and oxygen atoms in total. The van der Waals surface area contributed by atoms with Gasteiger partial charge in [-0.1, -0.05) is 30.0 Å². The molecule has 0 atom stereocenters. The molecule has 3 aromatic heterocycles. The number of morpholine rings is 1. The van der Waals surface area contributed by atoms with Gasteiger partial charge in [-0.2, -0.15) is 10.2 Å². The minimum atomic E-state index is -0.342. The lowest BCUT2D eigenvalue weighted by molar-refractivity contribution is 0.0306. The maximum absolute atomic E-state index is 12.0. The van der Waals surface area contributed by atoms with Crippen molar-refractivity contribution in [2.75, 3.05) is 32.9 Å². The standard InChI is InChI=1S/C25H22N6O3S/c32-25(30-5-8-33-9-6-30)34-7-1-2-20-11-19(14-35-20)23-22-12-18-10-17(13-31-16-26-15-27-31)3-4-21(18)24(22)29-28-23/h3-4,10-11,14-16H,5-9,12-13H2,(H,28,29). The summed E-state index contributed by atoms with van der Waals surface area (Å²) in [5.74, 6) is 6.04. The average Bonchev–Trinajstić information content (AvgIpc) is 3.67. The number of thiophene rings is 1. The Morgan fingerprint density at radius 2 is 2.17 bits per heavy atom. The van der Waals surface area contributed by atoms with Crippen LogP contribution >= 0.6 is 11.3 Å². The molecule has 1 aliphatic heterocycles. The van der Waals surface area contributed by atoms with Crippen LogP contribution in [0.5, 0.6) is 0 Å². The van der Waals surface area contributed by atoms with Crippen LogP contribution in [0, 0.1) is 11.8 Å². The van der Waals surface area contributed by atoms with Crippen LogP contribution in [-0.2, 0) is 22.4 Å². The molecular formula is C25H22N6O3S. The lowest BCUT2D eigenvalue weighted by atomic mass is 10.1. The number of rotatable bonds is 4. The van der Waals surface area contributed by atoms with Crippen molar-refractivity contribution in [3.63, 3.8) is 0 Å². The van der Waals surface area contributed by atoms with Crippen LogP contribution in [0.25, 0.3) is 22.5 Å². The molecule has 0 spiro atoms. The first kappa shape index (κ1) is 21.6. The predicted molar refractivity (Wildman–Crippen MR) is 130 cm³/mol. The fraction of sp³-hybridized carbons (Fsp3) is 0.280. The van der Waals surface area contributed by atoms with Crippen LogP contribution in [0.4, 0.5) is 4.79 Å². The molecule has 0 bridgehead atoms. The summed E-state index contributed by atoms with van der Waals surface area (Å²) in [5, 5.41) is 14.1. The summed E-state index contributed by atoms with van der Waals surface area (Å²) in [5.41, 5.74) is 7.94. The first-order valence-corrected chi connectivity index (χ1v) is 12.2. The first-order valence-electron chi connectivity index (χ1n) is 11.3. The Bertz CT molecular complexity index is 1420. The number of amides is 1. The summed E-state index contributed by atoms with van der Waals surface area (Å²) in [7, 11) is 0. The number of hydrogen-bond donors (Lipinski definition) is 1. The number of aromatic amines is 1. The molecule has 10 heteroatoms. The van der Waals surface area contributed by atoms with Gasteiger partial charge in [-0.3, -0.25) is 5.10 Å². The largest absolute Gasteiger partial charge is 0.436 e. The van der Waals surface area contributed by atoms with Crippen molar-refractivity contribution >= 4 is 17.4 Å².